The summed E-state index contributed by atoms with van der Waals surface area (Å²) in [6, 6.07) is 9.17. The van der Waals surface area contributed by atoms with Gasteiger partial charge in [-0.2, -0.15) is 0 Å². The van der Waals surface area contributed by atoms with Crippen molar-refractivity contribution in [2.45, 2.75) is 42.4 Å². The molecule has 3 N–H and O–H groups in total. The van der Waals surface area contributed by atoms with Crippen molar-refractivity contribution in [3.05, 3.63) is 58.3 Å². The molecule has 160 valence electrons. The van der Waals surface area contributed by atoms with Gasteiger partial charge >= 0.3 is 0 Å². The summed E-state index contributed by atoms with van der Waals surface area (Å²) in [5, 5.41) is 27.1. The molecule has 2 aromatic carbocycles. The minimum absolute atomic E-state index is 0.0891. The Hall–Kier alpha value is -3.16. The van der Waals surface area contributed by atoms with Gasteiger partial charge in [0.05, 0.1) is 33.5 Å². The number of aliphatic hydroxyl groups is 1. The zero-order chi connectivity index (χ0) is 21.6. The molecule has 8 rings (SSSR count). The van der Waals surface area contributed by atoms with Crippen LogP contribution in [0.1, 0.15) is 45.3 Å². The fraction of sp³-hybridized carbons (Fsp3) is 0.360. The van der Waals surface area contributed by atoms with Crippen molar-refractivity contribution in [2.75, 3.05) is 18.9 Å². The number of likely N-dealkylation sites (tertiary alicyclic amines) is 1. The number of rotatable bonds is 0. The minimum Gasteiger partial charge on any atom is -0.504 e. The van der Waals surface area contributed by atoms with Crippen LogP contribution in [-0.4, -0.2) is 51.2 Å². The van der Waals surface area contributed by atoms with E-state index in [1.54, 1.807) is 6.07 Å². The van der Waals surface area contributed by atoms with Crippen molar-refractivity contribution >= 4 is 22.5 Å². The normalized spacial score (nSPS) is 33.0. The molecular formula is C25H21N3O4. The molecule has 0 saturated carbocycles. The van der Waals surface area contributed by atoms with E-state index in [2.05, 4.69) is 17.3 Å². The quantitative estimate of drug-likeness (QED) is 0.510. The summed E-state index contributed by atoms with van der Waals surface area (Å²) in [6.45, 7) is 0.831. The average molecular weight is 427 g/mol. The van der Waals surface area contributed by atoms with Crippen LogP contribution in [0.3, 0.4) is 0 Å². The molecule has 3 aromatic rings. The Kier molecular flexibility index (Phi) is 2.76. The molecule has 5 aliphatic rings. The van der Waals surface area contributed by atoms with Crippen molar-refractivity contribution in [2.24, 2.45) is 0 Å². The number of nitrogens with zero attached hydrogens (tertiary/aromatic N) is 2. The fourth-order valence-electron chi connectivity index (χ4n) is 7.47. The highest BCUT2D eigenvalue weighted by Crippen LogP contribution is 2.69. The van der Waals surface area contributed by atoms with Gasteiger partial charge < -0.3 is 25.2 Å². The predicted molar refractivity (Wildman–Crippen MR) is 116 cm³/mol. The van der Waals surface area contributed by atoms with E-state index in [4.69, 9.17) is 9.72 Å². The van der Waals surface area contributed by atoms with E-state index < -0.39 is 17.1 Å². The number of piperidine rings is 1. The van der Waals surface area contributed by atoms with Crippen molar-refractivity contribution < 1.29 is 19.7 Å². The zero-order valence-corrected chi connectivity index (χ0v) is 17.5. The number of phenolic OH excluding ortho intramolecular Hbond substituents is 1. The van der Waals surface area contributed by atoms with Crippen LogP contribution in [0.2, 0.25) is 0 Å². The van der Waals surface area contributed by atoms with Gasteiger partial charge in [0.1, 0.15) is 0 Å². The minimum atomic E-state index is -1.10. The van der Waals surface area contributed by atoms with E-state index in [1.165, 1.54) is 0 Å². The number of amides is 1. The number of anilines is 1. The van der Waals surface area contributed by atoms with Crippen LogP contribution in [0.5, 0.6) is 11.5 Å². The fourth-order valence-corrected chi connectivity index (χ4v) is 7.47. The highest BCUT2D eigenvalue weighted by Gasteiger charge is 2.72. The molecule has 4 heterocycles. The highest BCUT2D eigenvalue weighted by atomic mass is 16.5. The first-order chi connectivity index (χ1) is 15.4. The SMILES string of the molecule is CN1CC[C@]23c4c5ccc(O)c4O[C@H]2c2nc4cccc6c4c(c2C[C@@]3(O)[C@@H]1C5)NC6=O. The lowest BCUT2D eigenvalue weighted by Gasteiger charge is -2.62. The second kappa shape index (κ2) is 5.08. The molecule has 1 amide bonds. The summed E-state index contributed by atoms with van der Waals surface area (Å²) in [6.07, 6.45) is 1.28. The van der Waals surface area contributed by atoms with Gasteiger partial charge in [0.15, 0.2) is 17.6 Å². The summed E-state index contributed by atoms with van der Waals surface area (Å²) in [7, 11) is 2.07. The van der Waals surface area contributed by atoms with Crippen LogP contribution >= 0.6 is 0 Å². The van der Waals surface area contributed by atoms with Gasteiger partial charge in [-0.15, -0.1) is 0 Å². The lowest BCUT2D eigenvalue weighted by atomic mass is 9.49. The van der Waals surface area contributed by atoms with Gasteiger partial charge in [0.2, 0.25) is 0 Å². The lowest BCUT2D eigenvalue weighted by Crippen LogP contribution is -2.74. The molecule has 7 heteroatoms. The van der Waals surface area contributed by atoms with Gasteiger partial charge in [-0.3, -0.25) is 4.79 Å². The number of aromatic hydroxyl groups is 1. The third-order valence-corrected chi connectivity index (χ3v) is 8.80. The molecule has 2 bridgehead atoms. The molecule has 2 aliphatic carbocycles. The van der Waals surface area contributed by atoms with E-state index in [1.807, 2.05) is 24.3 Å². The lowest BCUT2D eigenvalue weighted by molar-refractivity contribution is -0.167. The predicted octanol–water partition coefficient (Wildman–Crippen LogP) is 2.42. The molecule has 1 aromatic heterocycles. The standard InChI is InChI=1S/C25H21N3O4/c1-28-8-7-24-18-11-5-6-15(29)21(18)32-22(24)20-13(10-25(24,31)16(28)9-11)19-17-12(23(30)27-19)3-2-4-14(17)26-20/h2-6,16,22,29,31H,7-10H2,1H3,(H,27,30)/t16-,22-,24-,25+/m0/s1. The van der Waals surface area contributed by atoms with E-state index in [0.29, 0.717) is 30.6 Å². The monoisotopic (exact) mass is 427 g/mol. The average Bonchev–Trinajstić information content (AvgIpc) is 3.30. The highest BCUT2D eigenvalue weighted by molar-refractivity contribution is 6.24. The molecule has 7 nitrogen and oxygen atoms in total. The number of nitrogens with one attached hydrogen (secondary N) is 1. The third-order valence-electron chi connectivity index (χ3n) is 8.80. The maximum absolute atomic E-state index is 12.7. The van der Waals surface area contributed by atoms with Gasteiger partial charge in [-0.25, -0.2) is 4.98 Å². The van der Waals surface area contributed by atoms with Crippen molar-refractivity contribution in [1.82, 2.24) is 9.88 Å². The van der Waals surface area contributed by atoms with Crippen LogP contribution < -0.4 is 10.1 Å². The molecule has 0 unspecified atom stereocenters. The first-order valence-electron chi connectivity index (χ1n) is 11.2. The van der Waals surface area contributed by atoms with Gasteiger partial charge in [0.25, 0.3) is 5.91 Å². The molecule has 4 atom stereocenters. The van der Waals surface area contributed by atoms with Crippen molar-refractivity contribution in [3.63, 3.8) is 0 Å². The van der Waals surface area contributed by atoms with Crippen LogP contribution in [0.4, 0.5) is 5.69 Å². The first kappa shape index (κ1) is 17.4. The number of phenols is 1. The van der Waals surface area contributed by atoms with Crippen LogP contribution in [0.25, 0.3) is 10.9 Å². The molecule has 1 spiro atoms. The Morgan fingerprint density at radius 3 is 3.03 bits per heavy atom. The van der Waals surface area contributed by atoms with Gasteiger partial charge in [-0.05, 0) is 50.2 Å². The smallest absolute Gasteiger partial charge is 0.256 e. The maximum atomic E-state index is 12.7. The number of fused-ring (bicyclic) bond motifs is 3. The molecule has 1 fully saturated rings. The number of benzene rings is 2. The van der Waals surface area contributed by atoms with Crippen molar-refractivity contribution in [1.29, 1.82) is 0 Å². The number of carbonyl (C=O) groups excluding carboxylic acids is 1. The maximum Gasteiger partial charge on any atom is 0.256 e. The van der Waals surface area contributed by atoms with Gasteiger partial charge in [0, 0.05) is 29.0 Å². The largest absolute Gasteiger partial charge is 0.504 e. The zero-order valence-electron chi connectivity index (χ0n) is 17.5. The van der Waals surface area contributed by atoms with Crippen molar-refractivity contribution in [3.8, 4) is 11.5 Å². The second-order valence-electron chi connectivity index (χ2n) is 9.97. The van der Waals surface area contributed by atoms with E-state index in [9.17, 15) is 15.0 Å². The van der Waals surface area contributed by atoms with E-state index >= 15 is 0 Å². The van der Waals surface area contributed by atoms with Gasteiger partial charge in [-0.1, -0.05) is 12.1 Å². The van der Waals surface area contributed by atoms with Crippen LogP contribution in [0.15, 0.2) is 30.3 Å². The Bertz CT molecular complexity index is 1430. The number of hydrogen-bond acceptors (Lipinski definition) is 6. The number of pyridine rings is 1. The summed E-state index contributed by atoms with van der Waals surface area (Å²) < 4.78 is 6.52. The summed E-state index contributed by atoms with van der Waals surface area (Å²) >= 11 is 0. The Labute approximate surface area is 183 Å². The van der Waals surface area contributed by atoms with E-state index in [0.717, 1.165) is 45.5 Å². The second-order valence-corrected chi connectivity index (χ2v) is 9.97. The Balaban J connectivity index is 1.50. The third kappa shape index (κ3) is 1.60. The first-order valence-corrected chi connectivity index (χ1v) is 11.2. The summed E-state index contributed by atoms with van der Waals surface area (Å²) in [5.74, 6) is 0.456. The number of hydrogen-bond donors (Lipinski definition) is 3. The molecule has 0 radical (unpaired) electrons. The number of carbonyl (C=O) groups is 1. The van der Waals surface area contributed by atoms with Crippen LogP contribution in [0, 0.1) is 0 Å². The Morgan fingerprint density at radius 1 is 1.28 bits per heavy atom. The number of aromatic nitrogens is 1. The summed E-state index contributed by atoms with van der Waals surface area (Å²) in [5.41, 5.74) is 4.06. The molecule has 3 aliphatic heterocycles. The topological polar surface area (TPSA) is 94.9 Å². The Morgan fingerprint density at radius 2 is 2.16 bits per heavy atom. The van der Waals surface area contributed by atoms with Crippen LogP contribution in [-0.2, 0) is 18.3 Å². The number of ether oxygens (including phenoxy) is 1. The summed E-state index contributed by atoms with van der Waals surface area (Å²) in [4.78, 5) is 20.0. The molecular weight excluding hydrogens is 406 g/mol. The van der Waals surface area contributed by atoms with E-state index in [-0.39, 0.29) is 17.7 Å². The number of likely N-dealkylation sites (N-methyl/N-ethyl adjacent to an activating group) is 1. The molecule has 1 saturated heterocycles. The molecule has 32 heavy (non-hydrogen) atoms.